The largest absolute Gasteiger partial charge is 0.350 e. The molecule has 3 unspecified atom stereocenters. The summed E-state index contributed by atoms with van der Waals surface area (Å²) in [7, 11) is 0. The zero-order valence-electron chi connectivity index (χ0n) is 21.0. The second-order valence-corrected chi connectivity index (χ2v) is 12.7. The van der Waals surface area contributed by atoms with E-state index in [1.54, 1.807) is 0 Å². The van der Waals surface area contributed by atoms with Crippen LogP contribution in [0.4, 0.5) is 0 Å². The molecule has 4 aliphatic rings. The zero-order chi connectivity index (χ0) is 22.2. The first kappa shape index (κ1) is 24.0. The summed E-state index contributed by atoms with van der Waals surface area (Å²) in [5, 5.41) is 0. The van der Waals surface area contributed by atoms with Crippen LogP contribution in [-0.4, -0.2) is 36.5 Å². The second kappa shape index (κ2) is 9.24. The molecule has 2 spiro atoms. The molecular weight excluding hydrogens is 388 g/mol. The van der Waals surface area contributed by atoms with Crippen molar-refractivity contribution in [1.29, 1.82) is 0 Å². The Kier molecular flexibility index (Phi) is 7.14. The highest BCUT2D eigenvalue weighted by Gasteiger charge is 2.46. The smallest absolute Gasteiger partial charge is 0.158 e. The molecule has 4 heteroatoms. The lowest BCUT2D eigenvalue weighted by Crippen LogP contribution is -2.38. The van der Waals surface area contributed by atoms with E-state index in [1.165, 1.54) is 51.4 Å². The number of ether oxygens (including phenoxy) is 4. The van der Waals surface area contributed by atoms with E-state index < -0.39 is 0 Å². The van der Waals surface area contributed by atoms with Crippen LogP contribution in [0.15, 0.2) is 0 Å². The summed E-state index contributed by atoms with van der Waals surface area (Å²) in [6.07, 6.45) is 16.3. The molecule has 0 aromatic rings. The third-order valence-electron chi connectivity index (χ3n) is 8.89. The zero-order valence-corrected chi connectivity index (χ0v) is 21.0. The van der Waals surface area contributed by atoms with Crippen molar-refractivity contribution in [3.05, 3.63) is 0 Å². The first-order valence-electron chi connectivity index (χ1n) is 13.3. The number of hydrogen-bond donors (Lipinski definition) is 0. The first-order valence-corrected chi connectivity index (χ1v) is 13.3. The summed E-state index contributed by atoms with van der Waals surface area (Å²) in [4.78, 5) is 0. The van der Waals surface area contributed by atoms with Gasteiger partial charge in [0.2, 0.25) is 0 Å². The predicted octanol–water partition coefficient (Wildman–Crippen LogP) is 7.14. The average molecular weight is 437 g/mol. The van der Waals surface area contributed by atoms with Crippen LogP contribution in [0.2, 0.25) is 0 Å². The molecule has 2 heterocycles. The van der Waals surface area contributed by atoms with Crippen LogP contribution < -0.4 is 0 Å². The van der Waals surface area contributed by atoms with Gasteiger partial charge in [-0.3, -0.25) is 0 Å². The van der Waals surface area contributed by atoms with Crippen molar-refractivity contribution in [2.24, 2.45) is 10.8 Å². The highest BCUT2D eigenvalue weighted by Crippen LogP contribution is 2.49. The van der Waals surface area contributed by atoms with E-state index in [-0.39, 0.29) is 29.9 Å². The molecular formula is C27H48O4. The van der Waals surface area contributed by atoms with E-state index in [0.717, 1.165) is 38.5 Å². The van der Waals surface area contributed by atoms with Gasteiger partial charge in [0.05, 0.1) is 23.9 Å². The van der Waals surface area contributed by atoms with E-state index in [0.29, 0.717) is 17.4 Å². The van der Waals surface area contributed by atoms with Gasteiger partial charge >= 0.3 is 0 Å². The van der Waals surface area contributed by atoms with Gasteiger partial charge in [0.1, 0.15) is 0 Å². The lowest BCUT2D eigenvalue weighted by atomic mass is 9.70. The molecule has 3 atom stereocenters. The molecule has 2 aliphatic carbocycles. The summed E-state index contributed by atoms with van der Waals surface area (Å²) in [6, 6.07) is 0. The molecule has 4 nitrogen and oxygen atoms in total. The normalized spacial score (nSPS) is 34.4. The van der Waals surface area contributed by atoms with Crippen LogP contribution in [0.5, 0.6) is 0 Å². The van der Waals surface area contributed by atoms with Crippen molar-refractivity contribution in [3.63, 3.8) is 0 Å². The Morgan fingerprint density at radius 3 is 1.71 bits per heavy atom. The minimum atomic E-state index is -0.0576. The van der Waals surface area contributed by atoms with Gasteiger partial charge in [-0.15, -0.1) is 0 Å². The van der Waals surface area contributed by atoms with Gasteiger partial charge in [-0.05, 0) is 81.5 Å². The topological polar surface area (TPSA) is 36.9 Å². The highest BCUT2D eigenvalue weighted by molar-refractivity contribution is 4.95. The summed E-state index contributed by atoms with van der Waals surface area (Å²) >= 11 is 0. The maximum atomic E-state index is 6.53. The van der Waals surface area contributed by atoms with E-state index in [4.69, 9.17) is 18.9 Å². The predicted molar refractivity (Wildman–Crippen MR) is 124 cm³/mol. The van der Waals surface area contributed by atoms with E-state index in [2.05, 4.69) is 34.6 Å². The molecule has 4 fully saturated rings. The molecule has 180 valence electrons. The Morgan fingerprint density at radius 1 is 0.710 bits per heavy atom. The fourth-order valence-electron chi connectivity index (χ4n) is 6.21. The Labute approximate surface area is 191 Å². The van der Waals surface area contributed by atoms with Crippen molar-refractivity contribution in [1.82, 2.24) is 0 Å². The van der Waals surface area contributed by atoms with Gasteiger partial charge in [0.25, 0.3) is 0 Å². The van der Waals surface area contributed by atoms with Crippen LogP contribution in [-0.2, 0) is 18.9 Å². The highest BCUT2D eigenvalue weighted by atomic mass is 16.7. The van der Waals surface area contributed by atoms with Gasteiger partial charge in [0, 0.05) is 12.8 Å². The average Bonchev–Trinajstić information content (AvgIpc) is 3.31. The molecule has 0 radical (unpaired) electrons. The van der Waals surface area contributed by atoms with Gasteiger partial charge in [-0.25, -0.2) is 0 Å². The minimum absolute atomic E-state index is 0.0550. The summed E-state index contributed by atoms with van der Waals surface area (Å²) < 4.78 is 25.7. The van der Waals surface area contributed by atoms with Crippen LogP contribution in [0.1, 0.15) is 125 Å². The van der Waals surface area contributed by atoms with Crippen LogP contribution in [0, 0.1) is 10.8 Å². The molecule has 0 aromatic heterocycles. The molecule has 2 saturated carbocycles. The fourth-order valence-corrected chi connectivity index (χ4v) is 6.21. The second-order valence-electron chi connectivity index (χ2n) is 12.7. The third kappa shape index (κ3) is 6.05. The summed E-state index contributed by atoms with van der Waals surface area (Å²) in [5.74, 6) is 0. The molecule has 2 saturated heterocycles. The van der Waals surface area contributed by atoms with E-state index >= 15 is 0 Å². The molecule has 31 heavy (non-hydrogen) atoms. The lowest BCUT2D eigenvalue weighted by Gasteiger charge is -2.41. The van der Waals surface area contributed by atoms with Crippen LogP contribution in [0.3, 0.4) is 0 Å². The third-order valence-corrected chi connectivity index (χ3v) is 8.89. The Bertz CT molecular complexity index is 578. The lowest BCUT2D eigenvalue weighted by molar-refractivity contribution is -0.231. The molecule has 2 aliphatic heterocycles. The van der Waals surface area contributed by atoms with Crippen molar-refractivity contribution in [2.45, 2.75) is 154 Å². The molecule has 4 rings (SSSR count). The molecule has 0 bridgehead atoms. The van der Waals surface area contributed by atoms with Gasteiger partial charge in [-0.1, -0.05) is 41.0 Å². The standard InChI is InChI=1S/C27H48O4/c1-6-7-21(29-23-9-11-27(31-23)18-14-25(4,5)15-19-27)20-28-22-8-10-26(30-22)16-12-24(2,3)13-17-26/h21-23H,6-20H2,1-5H3. The first-order chi connectivity index (χ1) is 14.6. The van der Waals surface area contributed by atoms with Crippen molar-refractivity contribution in [3.8, 4) is 0 Å². The summed E-state index contributed by atoms with van der Waals surface area (Å²) in [5.41, 5.74) is 1.10. The maximum Gasteiger partial charge on any atom is 0.158 e. The van der Waals surface area contributed by atoms with Gasteiger partial charge in [0.15, 0.2) is 12.6 Å². The molecule has 0 N–H and O–H groups in total. The Balaban J connectivity index is 1.22. The van der Waals surface area contributed by atoms with E-state index in [9.17, 15) is 0 Å². The summed E-state index contributed by atoms with van der Waals surface area (Å²) in [6.45, 7) is 12.4. The fraction of sp³-hybridized carbons (Fsp3) is 1.00. The Morgan fingerprint density at radius 2 is 1.19 bits per heavy atom. The maximum absolute atomic E-state index is 6.53. The Hall–Kier alpha value is -0.160. The van der Waals surface area contributed by atoms with Gasteiger partial charge < -0.3 is 18.9 Å². The SMILES string of the molecule is CCCC(COC1CCC2(CCC(C)(C)CC2)O1)OC1CCC2(CCC(C)(C)CC2)O1. The monoisotopic (exact) mass is 436 g/mol. The van der Waals surface area contributed by atoms with E-state index in [1.807, 2.05) is 0 Å². The van der Waals surface area contributed by atoms with Crippen molar-refractivity contribution < 1.29 is 18.9 Å². The molecule has 0 aromatic carbocycles. The quantitative estimate of drug-likeness (QED) is 0.425. The number of hydrogen-bond acceptors (Lipinski definition) is 4. The van der Waals surface area contributed by atoms with Crippen molar-refractivity contribution >= 4 is 0 Å². The number of rotatable bonds is 7. The van der Waals surface area contributed by atoms with Crippen LogP contribution in [0.25, 0.3) is 0 Å². The van der Waals surface area contributed by atoms with Gasteiger partial charge in [-0.2, -0.15) is 0 Å². The minimum Gasteiger partial charge on any atom is -0.350 e. The van der Waals surface area contributed by atoms with Crippen molar-refractivity contribution in [2.75, 3.05) is 6.61 Å². The molecule has 0 amide bonds. The van der Waals surface area contributed by atoms with Crippen LogP contribution >= 0.6 is 0 Å².